The van der Waals surface area contributed by atoms with Crippen LogP contribution in [0.5, 0.6) is 0 Å². The first kappa shape index (κ1) is 13.1. The van der Waals surface area contributed by atoms with E-state index in [4.69, 9.17) is 4.74 Å². The van der Waals surface area contributed by atoms with Crippen molar-refractivity contribution in [3.63, 3.8) is 0 Å². The molecule has 0 aliphatic carbocycles. The Balaban J connectivity index is 1.95. The highest BCUT2D eigenvalue weighted by Gasteiger charge is 2.21. The molecule has 0 aromatic heterocycles. The van der Waals surface area contributed by atoms with E-state index in [0.29, 0.717) is 12.5 Å². The first-order valence-corrected chi connectivity index (χ1v) is 6.67. The van der Waals surface area contributed by atoms with E-state index >= 15 is 0 Å². The molecule has 3 nitrogen and oxygen atoms in total. The van der Waals surface area contributed by atoms with Crippen molar-refractivity contribution in [2.75, 3.05) is 24.6 Å². The number of carbonyl (C=O) groups is 1. The summed E-state index contributed by atoms with van der Waals surface area (Å²) in [5.74, 6) is 0.264. The maximum Gasteiger partial charge on any atom is 0.166 e. The van der Waals surface area contributed by atoms with Crippen molar-refractivity contribution in [2.45, 2.75) is 32.8 Å². The number of carbonyl (C=O) groups excluding carboxylic acids is 1. The fourth-order valence-corrected chi connectivity index (χ4v) is 2.28. The van der Waals surface area contributed by atoms with E-state index in [9.17, 15) is 4.79 Å². The van der Waals surface area contributed by atoms with Crippen LogP contribution in [-0.2, 0) is 4.74 Å². The second-order valence-electron chi connectivity index (χ2n) is 4.95. The van der Waals surface area contributed by atoms with Crippen LogP contribution in [0.2, 0.25) is 0 Å². The number of hydrogen-bond acceptors (Lipinski definition) is 3. The monoisotopic (exact) mass is 247 g/mol. The lowest BCUT2D eigenvalue weighted by atomic mass is 10.0. The number of fused-ring (bicyclic) bond motifs is 1. The molecule has 1 aromatic carbocycles. The molecule has 18 heavy (non-hydrogen) atoms. The highest BCUT2D eigenvalue weighted by Crippen LogP contribution is 2.26. The third kappa shape index (κ3) is 3.10. The molecule has 1 heterocycles. The fraction of sp³-hybridized carbons (Fsp3) is 0.533. The van der Waals surface area contributed by atoms with E-state index in [1.54, 1.807) is 0 Å². The number of para-hydroxylation sites is 1. The summed E-state index contributed by atoms with van der Waals surface area (Å²) in [7, 11) is 0. The topological polar surface area (TPSA) is 29.5 Å². The predicted octanol–water partition coefficient (Wildman–Crippen LogP) is 2.89. The fourth-order valence-electron chi connectivity index (χ4n) is 2.28. The maximum absolute atomic E-state index is 11.8. The van der Waals surface area contributed by atoms with Gasteiger partial charge in [-0.1, -0.05) is 12.1 Å². The molecule has 0 unspecified atom stereocenters. The smallest absolute Gasteiger partial charge is 0.166 e. The lowest BCUT2D eigenvalue weighted by Crippen LogP contribution is -2.33. The zero-order valence-corrected chi connectivity index (χ0v) is 11.2. The third-order valence-electron chi connectivity index (χ3n) is 3.18. The highest BCUT2D eigenvalue weighted by molar-refractivity contribution is 6.03. The van der Waals surface area contributed by atoms with Gasteiger partial charge in [-0.25, -0.2) is 0 Å². The normalized spacial score (nSPS) is 15.1. The van der Waals surface area contributed by atoms with Crippen LogP contribution < -0.4 is 4.90 Å². The van der Waals surface area contributed by atoms with E-state index in [2.05, 4.69) is 18.7 Å². The lowest BCUT2D eigenvalue weighted by molar-refractivity contribution is 0.0778. The van der Waals surface area contributed by atoms with Crippen LogP contribution in [0.15, 0.2) is 24.3 Å². The number of Topliss-reactive ketones (excluding diaryl/α,β-unsaturated/α-hetero) is 1. The summed E-state index contributed by atoms with van der Waals surface area (Å²) in [6.45, 7) is 6.67. The van der Waals surface area contributed by atoms with E-state index in [1.165, 1.54) is 0 Å². The molecule has 3 heteroatoms. The number of anilines is 1. The standard InChI is InChI=1S/C15H21NO2/c1-12(2)18-11-5-9-16-10-8-15(17)13-6-3-4-7-14(13)16/h3-4,6-7,12H,5,8-11H2,1-2H3. The highest BCUT2D eigenvalue weighted by atomic mass is 16.5. The molecular weight excluding hydrogens is 226 g/mol. The average Bonchev–Trinajstić information content (AvgIpc) is 2.37. The van der Waals surface area contributed by atoms with Crippen LogP contribution in [0.3, 0.4) is 0 Å². The lowest BCUT2D eigenvalue weighted by Gasteiger charge is -2.30. The molecular formula is C15H21NO2. The molecule has 1 aliphatic heterocycles. The van der Waals surface area contributed by atoms with Crippen molar-refractivity contribution in [3.8, 4) is 0 Å². The quantitative estimate of drug-likeness (QED) is 0.749. The zero-order chi connectivity index (χ0) is 13.0. The number of benzene rings is 1. The van der Waals surface area contributed by atoms with Gasteiger partial charge in [0, 0.05) is 37.4 Å². The van der Waals surface area contributed by atoms with E-state index in [1.807, 2.05) is 24.3 Å². The summed E-state index contributed by atoms with van der Waals surface area (Å²) in [4.78, 5) is 14.1. The Labute approximate surface area is 109 Å². The van der Waals surface area contributed by atoms with Gasteiger partial charge in [0.2, 0.25) is 0 Å². The maximum atomic E-state index is 11.8. The van der Waals surface area contributed by atoms with Gasteiger partial charge in [-0.05, 0) is 32.4 Å². The van der Waals surface area contributed by atoms with Crippen molar-refractivity contribution in [1.29, 1.82) is 0 Å². The second kappa shape index (κ2) is 6.01. The van der Waals surface area contributed by atoms with Crippen LogP contribution in [0.1, 0.15) is 37.0 Å². The Morgan fingerprint density at radius 1 is 1.33 bits per heavy atom. The number of nitrogens with zero attached hydrogens (tertiary/aromatic N) is 1. The summed E-state index contributed by atoms with van der Waals surface area (Å²) in [6.07, 6.45) is 1.92. The van der Waals surface area contributed by atoms with Gasteiger partial charge in [-0.2, -0.15) is 0 Å². The van der Waals surface area contributed by atoms with Crippen LogP contribution in [0, 0.1) is 0 Å². The Morgan fingerprint density at radius 2 is 2.11 bits per heavy atom. The van der Waals surface area contributed by atoms with Gasteiger partial charge >= 0.3 is 0 Å². The van der Waals surface area contributed by atoms with Crippen molar-refractivity contribution < 1.29 is 9.53 Å². The molecule has 0 saturated heterocycles. The van der Waals surface area contributed by atoms with Crippen LogP contribution in [0.25, 0.3) is 0 Å². The van der Waals surface area contributed by atoms with Gasteiger partial charge in [0.25, 0.3) is 0 Å². The van der Waals surface area contributed by atoms with Gasteiger partial charge in [0.1, 0.15) is 0 Å². The van der Waals surface area contributed by atoms with Crippen molar-refractivity contribution >= 4 is 11.5 Å². The molecule has 1 aromatic rings. The van der Waals surface area contributed by atoms with Gasteiger partial charge in [-0.3, -0.25) is 4.79 Å². The summed E-state index contributed by atoms with van der Waals surface area (Å²) in [5, 5.41) is 0. The Bertz CT molecular complexity index is 415. The average molecular weight is 247 g/mol. The first-order valence-electron chi connectivity index (χ1n) is 6.67. The largest absolute Gasteiger partial charge is 0.379 e. The van der Waals surface area contributed by atoms with Gasteiger partial charge in [-0.15, -0.1) is 0 Å². The molecule has 0 fully saturated rings. The summed E-state index contributed by atoms with van der Waals surface area (Å²) in [5.41, 5.74) is 1.95. The van der Waals surface area contributed by atoms with Gasteiger partial charge < -0.3 is 9.64 Å². The molecule has 1 aliphatic rings. The summed E-state index contributed by atoms with van der Waals surface area (Å²) >= 11 is 0. The van der Waals surface area contributed by atoms with Crippen LogP contribution >= 0.6 is 0 Å². The third-order valence-corrected chi connectivity index (χ3v) is 3.18. The first-order chi connectivity index (χ1) is 8.68. The molecule has 0 radical (unpaired) electrons. The molecule has 0 N–H and O–H groups in total. The molecule has 0 bridgehead atoms. The van der Waals surface area contributed by atoms with Gasteiger partial charge in [0.15, 0.2) is 5.78 Å². The Kier molecular flexibility index (Phi) is 4.37. The van der Waals surface area contributed by atoms with Crippen molar-refractivity contribution in [2.24, 2.45) is 0 Å². The zero-order valence-electron chi connectivity index (χ0n) is 11.2. The summed E-state index contributed by atoms with van der Waals surface area (Å²) < 4.78 is 5.55. The minimum absolute atomic E-state index is 0.264. The Morgan fingerprint density at radius 3 is 2.89 bits per heavy atom. The SMILES string of the molecule is CC(C)OCCCN1CCC(=O)c2ccccc21. The summed E-state index contributed by atoms with van der Waals surface area (Å²) in [6, 6.07) is 7.89. The number of rotatable bonds is 5. The minimum Gasteiger partial charge on any atom is -0.379 e. The minimum atomic E-state index is 0.264. The van der Waals surface area contributed by atoms with E-state index < -0.39 is 0 Å². The van der Waals surface area contributed by atoms with Crippen LogP contribution in [-0.4, -0.2) is 31.6 Å². The number of ether oxygens (including phenoxy) is 1. The number of ketones is 1. The van der Waals surface area contributed by atoms with E-state index in [-0.39, 0.29) is 5.78 Å². The predicted molar refractivity (Wildman–Crippen MR) is 73.3 cm³/mol. The molecule has 98 valence electrons. The number of hydrogen-bond donors (Lipinski definition) is 0. The Hall–Kier alpha value is -1.35. The second-order valence-corrected chi connectivity index (χ2v) is 4.95. The van der Waals surface area contributed by atoms with Gasteiger partial charge in [0.05, 0.1) is 6.10 Å². The molecule has 0 spiro atoms. The van der Waals surface area contributed by atoms with E-state index in [0.717, 1.165) is 37.4 Å². The van der Waals surface area contributed by atoms with Crippen molar-refractivity contribution in [1.82, 2.24) is 0 Å². The molecule has 0 atom stereocenters. The van der Waals surface area contributed by atoms with Crippen LogP contribution in [0.4, 0.5) is 5.69 Å². The molecule has 0 saturated carbocycles. The molecule has 2 rings (SSSR count). The van der Waals surface area contributed by atoms with Crippen molar-refractivity contribution in [3.05, 3.63) is 29.8 Å². The molecule has 0 amide bonds.